The predicted octanol–water partition coefficient (Wildman–Crippen LogP) is 2.39. The van der Waals surface area contributed by atoms with E-state index >= 15 is 0 Å². The smallest absolute Gasteiger partial charge is 0.236 e. The van der Waals surface area contributed by atoms with Gasteiger partial charge in [-0.15, -0.1) is 0 Å². The van der Waals surface area contributed by atoms with Gasteiger partial charge in [0.2, 0.25) is 11.8 Å². The number of imide groups is 1. The van der Waals surface area contributed by atoms with Crippen LogP contribution in [0.15, 0.2) is 0 Å². The topological polar surface area (TPSA) is 57.6 Å². The third-order valence-electron chi connectivity index (χ3n) is 5.54. The standard InChI is InChI=1S/C16H25NO3/c18-13-11-15(7-5-6-8-15)14(19)17(13)12-16(20)9-3-1-2-4-10-16/h20H,1-12H2. The molecular formula is C16H25NO3. The summed E-state index contributed by atoms with van der Waals surface area (Å²) in [5.74, 6) is -0.0627. The number of carbonyl (C=O) groups excluding carboxylic acids is 2. The van der Waals surface area contributed by atoms with Crippen LogP contribution < -0.4 is 0 Å². The first-order valence-corrected chi connectivity index (χ1v) is 8.12. The molecule has 1 heterocycles. The Hall–Kier alpha value is -0.900. The summed E-state index contributed by atoms with van der Waals surface area (Å²) in [6, 6.07) is 0. The highest BCUT2D eigenvalue weighted by Gasteiger charge is 2.53. The second kappa shape index (κ2) is 5.14. The number of amides is 2. The van der Waals surface area contributed by atoms with Crippen molar-refractivity contribution in [3.63, 3.8) is 0 Å². The molecule has 1 aliphatic heterocycles. The zero-order chi connectivity index (χ0) is 14.2. The largest absolute Gasteiger partial charge is 0.388 e. The van der Waals surface area contributed by atoms with Crippen LogP contribution in [0.25, 0.3) is 0 Å². The van der Waals surface area contributed by atoms with Gasteiger partial charge in [-0.3, -0.25) is 14.5 Å². The van der Waals surface area contributed by atoms with Crippen LogP contribution in [0.4, 0.5) is 0 Å². The van der Waals surface area contributed by atoms with Crippen molar-refractivity contribution in [1.82, 2.24) is 4.90 Å². The second-order valence-corrected chi connectivity index (χ2v) is 7.09. The molecule has 4 heteroatoms. The average molecular weight is 279 g/mol. The van der Waals surface area contributed by atoms with Gasteiger partial charge in [0.15, 0.2) is 0 Å². The van der Waals surface area contributed by atoms with E-state index in [9.17, 15) is 14.7 Å². The summed E-state index contributed by atoms with van der Waals surface area (Å²) in [4.78, 5) is 26.3. The van der Waals surface area contributed by atoms with Crippen LogP contribution in [0.2, 0.25) is 0 Å². The van der Waals surface area contributed by atoms with Crippen LogP contribution in [0.5, 0.6) is 0 Å². The Balaban J connectivity index is 1.73. The maximum absolute atomic E-state index is 12.6. The van der Waals surface area contributed by atoms with Gasteiger partial charge in [-0.05, 0) is 25.7 Å². The van der Waals surface area contributed by atoms with Gasteiger partial charge in [-0.2, -0.15) is 0 Å². The molecule has 2 saturated carbocycles. The third-order valence-corrected chi connectivity index (χ3v) is 5.54. The van der Waals surface area contributed by atoms with Crippen LogP contribution in [0, 0.1) is 5.41 Å². The molecule has 3 fully saturated rings. The molecule has 20 heavy (non-hydrogen) atoms. The van der Waals surface area contributed by atoms with E-state index in [2.05, 4.69) is 0 Å². The van der Waals surface area contributed by atoms with E-state index in [1.807, 2.05) is 0 Å². The molecule has 2 aliphatic carbocycles. The minimum absolute atomic E-state index is 0.00216. The summed E-state index contributed by atoms with van der Waals surface area (Å²) in [5.41, 5.74) is -1.25. The molecule has 0 atom stereocenters. The van der Waals surface area contributed by atoms with Crippen molar-refractivity contribution < 1.29 is 14.7 Å². The first-order chi connectivity index (χ1) is 9.55. The fraction of sp³-hybridized carbons (Fsp3) is 0.875. The van der Waals surface area contributed by atoms with E-state index in [1.165, 1.54) is 4.90 Å². The number of hydrogen-bond acceptors (Lipinski definition) is 3. The molecule has 0 radical (unpaired) electrons. The quantitative estimate of drug-likeness (QED) is 0.623. The first kappa shape index (κ1) is 14.1. The van der Waals surface area contributed by atoms with E-state index in [4.69, 9.17) is 0 Å². The fourth-order valence-electron chi connectivity index (χ4n) is 4.30. The average Bonchev–Trinajstić information content (AvgIpc) is 2.88. The minimum atomic E-state index is -0.841. The fourth-order valence-corrected chi connectivity index (χ4v) is 4.30. The van der Waals surface area contributed by atoms with Crippen molar-refractivity contribution in [3.8, 4) is 0 Å². The highest BCUT2D eigenvalue weighted by molar-refractivity contribution is 6.06. The molecule has 3 aliphatic rings. The lowest BCUT2D eigenvalue weighted by Gasteiger charge is -2.31. The Bertz CT molecular complexity index is 404. The van der Waals surface area contributed by atoms with Gasteiger partial charge in [0.05, 0.1) is 17.6 Å². The molecule has 4 nitrogen and oxygen atoms in total. The third kappa shape index (κ3) is 2.39. The van der Waals surface area contributed by atoms with Crippen molar-refractivity contribution in [3.05, 3.63) is 0 Å². The zero-order valence-electron chi connectivity index (χ0n) is 12.2. The summed E-state index contributed by atoms with van der Waals surface area (Å²) < 4.78 is 0. The number of hydrogen-bond donors (Lipinski definition) is 1. The lowest BCUT2D eigenvalue weighted by atomic mass is 9.84. The van der Waals surface area contributed by atoms with E-state index in [1.54, 1.807) is 0 Å². The van der Waals surface area contributed by atoms with Crippen molar-refractivity contribution in [2.45, 2.75) is 76.2 Å². The van der Waals surface area contributed by atoms with Crippen molar-refractivity contribution >= 4 is 11.8 Å². The van der Waals surface area contributed by atoms with Gasteiger partial charge in [-0.1, -0.05) is 38.5 Å². The Kier molecular flexibility index (Phi) is 3.61. The Morgan fingerprint density at radius 3 is 2.05 bits per heavy atom. The summed E-state index contributed by atoms with van der Waals surface area (Å²) in [6.07, 6.45) is 9.92. The number of likely N-dealkylation sites (tertiary alicyclic amines) is 1. The lowest BCUT2D eigenvalue weighted by Crippen LogP contribution is -2.46. The monoisotopic (exact) mass is 279 g/mol. The van der Waals surface area contributed by atoms with Crippen molar-refractivity contribution in [2.75, 3.05) is 6.54 Å². The first-order valence-electron chi connectivity index (χ1n) is 8.12. The molecule has 0 aromatic carbocycles. The molecule has 3 rings (SSSR count). The van der Waals surface area contributed by atoms with Crippen LogP contribution in [-0.2, 0) is 9.59 Å². The summed E-state index contributed by atoms with van der Waals surface area (Å²) in [7, 11) is 0. The predicted molar refractivity (Wildman–Crippen MR) is 74.9 cm³/mol. The van der Waals surface area contributed by atoms with E-state index < -0.39 is 11.0 Å². The molecule has 0 unspecified atom stereocenters. The van der Waals surface area contributed by atoms with Crippen molar-refractivity contribution in [1.29, 1.82) is 0 Å². The number of nitrogens with zero attached hydrogens (tertiary/aromatic N) is 1. The van der Waals surface area contributed by atoms with E-state index in [0.717, 1.165) is 64.2 Å². The molecule has 112 valence electrons. The number of carbonyl (C=O) groups is 2. The normalized spacial score (nSPS) is 29.1. The molecule has 0 bridgehead atoms. The molecule has 1 saturated heterocycles. The summed E-state index contributed by atoms with van der Waals surface area (Å²) in [6.45, 7) is 0.229. The van der Waals surface area contributed by atoms with Gasteiger partial charge in [-0.25, -0.2) is 0 Å². The number of rotatable bonds is 2. The van der Waals surface area contributed by atoms with Crippen LogP contribution in [0.1, 0.15) is 70.6 Å². The Morgan fingerprint density at radius 1 is 0.900 bits per heavy atom. The van der Waals surface area contributed by atoms with Crippen LogP contribution in [-0.4, -0.2) is 34.0 Å². The minimum Gasteiger partial charge on any atom is -0.388 e. The highest BCUT2D eigenvalue weighted by Crippen LogP contribution is 2.47. The molecule has 1 N–H and O–H groups in total. The molecule has 1 spiro atoms. The molecule has 2 amide bonds. The highest BCUT2D eigenvalue weighted by atomic mass is 16.3. The molecule has 0 aromatic heterocycles. The molecule has 0 aromatic rings. The van der Waals surface area contributed by atoms with E-state index in [0.29, 0.717) is 6.42 Å². The van der Waals surface area contributed by atoms with Gasteiger partial charge < -0.3 is 5.11 Å². The Labute approximate surface area is 120 Å². The summed E-state index contributed by atoms with van der Waals surface area (Å²) in [5, 5.41) is 10.7. The molecular weight excluding hydrogens is 254 g/mol. The second-order valence-electron chi connectivity index (χ2n) is 7.09. The maximum atomic E-state index is 12.6. The Morgan fingerprint density at radius 2 is 1.45 bits per heavy atom. The van der Waals surface area contributed by atoms with Crippen LogP contribution >= 0.6 is 0 Å². The van der Waals surface area contributed by atoms with Gasteiger partial charge >= 0.3 is 0 Å². The number of aliphatic hydroxyl groups is 1. The lowest BCUT2D eigenvalue weighted by molar-refractivity contribution is -0.145. The van der Waals surface area contributed by atoms with Crippen molar-refractivity contribution in [2.24, 2.45) is 5.41 Å². The zero-order valence-corrected chi connectivity index (χ0v) is 12.2. The van der Waals surface area contributed by atoms with Gasteiger partial charge in [0.1, 0.15) is 0 Å². The summed E-state index contributed by atoms with van der Waals surface area (Å²) >= 11 is 0. The van der Waals surface area contributed by atoms with Gasteiger partial charge in [0, 0.05) is 6.42 Å². The maximum Gasteiger partial charge on any atom is 0.236 e. The SMILES string of the molecule is O=C1CC2(CCCC2)C(=O)N1CC1(O)CCCCCC1. The van der Waals surface area contributed by atoms with E-state index in [-0.39, 0.29) is 18.4 Å². The van der Waals surface area contributed by atoms with Gasteiger partial charge in [0.25, 0.3) is 0 Å². The van der Waals surface area contributed by atoms with Crippen LogP contribution in [0.3, 0.4) is 0 Å². The number of β-amino-alcohol motifs (C(OH)–C–C–N with tert-alkyl or cyclic N) is 1.